The molecular weight excluding hydrogens is 216 g/mol. The summed E-state index contributed by atoms with van der Waals surface area (Å²) in [6, 6.07) is 10.0. The summed E-state index contributed by atoms with van der Waals surface area (Å²) >= 11 is 0. The van der Waals surface area contributed by atoms with Crippen LogP contribution in [0.1, 0.15) is 25.3 Å². The Morgan fingerprint density at radius 1 is 1.29 bits per heavy atom. The molecule has 0 heterocycles. The number of hydrogen-bond acceptors (Lipinski definition) is 3. The Balaban J connectivity index is 2.16. The van der Waals surface area contributed by atoms with Crippen molar-refractivity contribution in [2.24, 2.45) is 0 Å². The monoisotopic (exact) mass is 236 g/mol. The Bertz CT molecular complexity index is 321. The first-order valence-electron chi connectivity index (χ1n) is 5.86. The Labute approximate surface area is 103 Å². The lowest BCUT2D eigenvalue weighted by atomic mass is 10.1. The maximum absolute atomic E-state index is 10.9. The van der Waals surface area contributed by atoms with Crippen molar-refractivity contribution in [3.8, 4) is 0 Å². The summed E-state index contributed by atoms with van der Waals surface area (Å²) in [6.45, 7) is 2.80. The molecule has 94 valence electrons. The van der Waals surface area contributed by atoms with Crippen LogP contribution < -0.4 is 0 Å². The number of carbonyl (C=O) groups excluding carboxylic acids is 1. The van der Waals surface area contributed by atoms with Crippen molar-refractivity contribution in [2.75, 3.05) is 13.7 Å². The van der Waals surface area contributed by atoms with Crippen LogP contribution in [0.3, 0.4) is 0 Å². The number of Topliss-reactive ketones (excluding diaryl/α,β-unsaturated/α-hetero) is 1. The third-order valence-electron chi connectivity index (χ3n) is 2.54. The van der Waals surface area contributed by atoms with Crippen LogP contribution >= 0.6 is 0 Å². The zero-order valence-corrected chi connectivity index (χ0v) is 10.5. The Kier molecular flexibility index (Phi) is 6.51. The van der Waals surface area contributed by atoms with Gasteiger partial charge in [0.1, 0.15) is 5.78 Å². The first-order chi connectivity index (χ1) is 8.22. The van der Waals surface area contributed by atoms with E-state index in [0.717, 1.165) is 12.0 Å². The largest absolute Gasteiger partial charge is 0.381 e. The van der Waals surface area contributed by atoms with E-state index >= 15 is 0 Å². The SMILES string of the molecule is COC(CCOCc1ccccc1)CC(C)=O. The molecule has 0 fully saturated rings. The molecule has 1 rings (SSSR count). The summed E-state index contributed by atoms with van der Waals surface area (Å²) in [6.07, 6.45) is 1.19. The van der Waals surface area contributed by atoms with Gasteiger partial charge in [-0.1, -0.05) is 30.3 Å². The minimum absolute atomic E-state index is 0.0247. The Hall–Kier alpha value is -1.19. The summed E-state index contributed by atoms with van der Waals surface area (Å²) in [5.74, 6) is 0.153. The molecule has 0 radical (unpaired) electrons. The summed E-state index contributed by atoms with van der Waals surface area (Å²) in [4.78, 5) is 10.9. The number of hydrogen-bond donors (Lipinski definition) is 0. The fourth-order valence-electron chi connectivity index (χ4n) is 1.60. The number of benzene rings is 1. The molecule has 17 heavy (non-hydrogen) atoms. The number of rotatable bonds is 8. The second kappa shape index (κ2) is 7.98. The average molecular weight is 236 g/mol. The van der Waals surface area contributed by atoms with Crippen molar-refractivity contribution in [3.63, 3.8) is 0 Å². The first kappa shape index (κ1) is 13.9. The summed E-state index contributed by atoms with van der Waals surface area (Å²) < 4.78 is 10.8. The van der Waals surface area contributed by atoms with Gasteiger partial charge in [0.15, 0.2) is 0 Å². The van der Waals surface area contributed by atoms with Gasteiger partial charge in [-0.2, -0.15) is 0 Å². The highest BCUT2D eigenvalue weighted by Gasteiger charge is 2.09. The minimum atomic E-state index is -0.0247. The molecule has 1 unspecified atom stereocenters. The van der Waals surface area contributed by atoms with Crippen molar-refractivity contribution >= 4 is 5.78 Å². The van der Waals surface area contributed by atoms with E-state index in [4.69, 9.17) is 9.47 Å². The van der Waals surface area contributed by atoms with E-state index in [2.05, 4.69) is 0 Å². The van der Waals surface area contributed by atoms with E-state index in [1.54, 1.807) is 14.0 Å². The van der Waals surface area contributed by atoms with Gasteiger partial charge in [-0.05, 0) is 18.9 Å². The Morgan fingerprint density at radius 2 is 2.00 bits per heavy atom. The molecule has 3 nitrogen and oxygen atoms in total. The topological polar surface area (TPSA) is 35.5 Å². The van der Waals surface area contributed by atoms with E-state index in [9.17, 15) is 4.79 Å². The van der Waals surface area contributed by atoms with Gasteiger partial charge in [0.05, 0.1) is 12.7 Å². The van der Waals surface area contributed by atoms with Crippen LogP contribution in [-0.2, 0) is 20.9 Å². The molecule has 0 aliphatic carbocycles. The fourth-order valence-corrected chi connectivity index (χ4v) is 1.60. The van der Waals surface area contributed by atoms with Gasteiger partial charge in [-0.25, -0.2) is 0 Å². The molecule has 1 aromatic carbocycles. The van der Waals surface area contributed by atoms with Crippen LogP contribution in [0.4, 0.5) is 0 Å². The van der Waals surface area contributed by atoms with E-state index in [-0.39, 0.29) is 11.9 Å². The van der Waals surface area contributed by atoms with Gasteiger partial charge in [-0.3, -0.25) is 4.79 Å². The van der Waals surface area contributed by atoms with Gasteiger partial charge in [-0.15, -0.1) is 0 Å². The molecule has 0 spiro atoms. The number of methoxy groups -OCH3 is 1. The standard InChI is InChI=1S/C14H20O3/c1-12(15)10-14(16-2)8-9-17-11-13-6-4-3-5-7-13/h3-7,14H,8-11H2,1-2H3. The lowest BCUT2D eigenvalue weighted by Gasteiger charge is -2.13. The first-order valence-corrected chi connectivity index (χ1v) is 5.86. The van der Waals surface area contributed by atoms with Gasteiger partial charge in [0, 0.05) is 20.1 Å². The van der Waals surface area contributed by atoms with Crippen molar-refractivity contribution in [1.29, 1.82) is 0 Å². The number of ketones is 1. The molecule has 0 N–H and O–H groups in total. The van der Waals surface area contributed by atoms with Crippen LogP contribution in [0.25, 0.3) is 0 Å². The molecule has 0 bridgehead atoms. The predicted octanol–water partition coefficient (Wildman–Crippen LogP) is 2.59. The third-order valence-corrected chi connectivity index (χ3v) is 2.54. The molecule has 1 atom stereocenters. The summed E-state index contributed by atoms with van der Waals surface area (Å²) in [5, 5.41) is 0. The molecule has 3 heteroatoms. The van der Waals surface area contributed by atoms with Crippen molar-refractivity contribution < 1.29 is 14.3 Å². The third kappa shape index (κ3) is 6.19. The second-order valence-corrected chi connectivity index (χ2v) is 4.09. The maximum Gasteiger partial charge on any atom is 0.132 e. The van der Waals surface area contributed by atoms with Gasteiger partial charge < -0.3 is 9.47 Å². The van der Waals surface area contributed by atoms with Gasteiger partial charge in [0.25, 0.3) is 0 Å². The van der Waals surface area contributed by atoms with E-state index in [1.807, 2.05) is 30.3 Å². The quantitative estimate of drug-likeness (QED) is 0.651. The summed E-state index contributed by atoms with van der Waals surface area (Å²) in [7, 11) is 1.63. The van der Waals surface area contributed by atoms with Crippen molar-refractivity contribution in [1.82, 2.24) is 0 Å². The molecule has 0 aliphatic rings. The number of carbonyl (C=O) groups is 1. The van der Waals surface area contributed by atoms with Crippen LogP contribution in [-0.4, -0.2) is 25.6 Å². The lowest BCUT2D eigenvalue weighted by molar-refractivity contribution is -0.119. The molecule has 0 saturated heterocycles. The molecule has 0 aromatic heterocycles. The zero-order valence-electron chi connectivity index (χ0n) is 10.5. The van der Waals surface area contributed by atoms with E-state index < -0.39 is 0 Å². The van der Waals surface area contributed by atoms with E-state index in [1.165, 1.54) is 0 Å². The molecule has 0 saturated carbocycles. The van der Waals surface area contributed by atoms with Gasteiger partial charge in [0.2, 0.25) is 0 Å². The average Bonchev–Trinajstić information content (AvgIpc) is 2.34. The van der Waals surface area contributed by atoms with Crippen molar-refractivity contribution in [3.05, 3.63) is 35.9 Å². The molecule has 0 amide bonds. The second-order valence-electron chi connectivity index (χ2n) is 4.09. The van der Waals surface area contributed by atoms with Crippen LogP contribution in [0, 0.1) is 0 Å². The highest BCUT2D eigenvalue weighted by Crippen LogP contribution is 2.06. The number of ether oxygens (including phenoxy) is 2. The Morgan fingerprint density at radius 3 is 2.59 bits per heavy atom. The highest BCUT2D eigenvalue weighted by molar-refractivity contribution is 5.75. The van der Waals surface area contributed by atoms with E-state index in [0.29, 0.717) is 19.6 Å². The van der Waals surface area contributed by atoms with Crippen LogP contribution in [0.5, 0.6) is 0 Å². The zero-order chi connectivity index (χ0) is 12.5. The molecule has 0 aliphatic heterocycles. The smallest absolute Gasteiger partial charge is 0.132 e. The minimum Gasteiger partial charge on any atom is -0.381 e. The van der Waals surface area contributed by atoms with Crippen LogP contribution in [0.15, 0.2) is 30.3 Å². The fraction of sp³-hybridized carbons (Fsp3) is 0.500. The molecular formula is C14H20O3. The van der Waals surface area contributed by atoms with Gasteiger partial charge >= 0.3 is 0 Å². The normalized spacial score (nSPS) is 12.4. The predicted molar refractivity (Wildman–Crippen MR) is 66.8 cm³/mol. The van der Waals surface area contributed by atoms with Crippen molar-refractivity contribution in [2.45, 2.75) is 32.5 Å². The highest BCUT2D eigenvalue weighted by atomic mass is 16.5. The summed E-state index contributed by atoms with van der Waals surface area (Å²) in [5.41, 5.74) is 1.16. The maximum atomic E-state index is 10.9. The lowest BCUT2D eigenvalue weighted by Crippen LogP contribution is -2.17. The van der Waals surface area contributed by atoms with Crippen LogP contribution in [0.2, 0.25) is 0 Å². The molecule has 1 aromatic rings.